The van der Waals surface area contributed by atoms with E-state index in [4.69, 9.17) is 9.84 Å². The van der Waals surface area contributed by atoms with E-state index in [0.29, 0.717) is 0 Å². The first-order valence-corrected chi connectivity index (χ1v) is 6.53. The number of carboxylic acid groups (broad SMARTS) is 1. The van der Waals surface area contributed by atoms with Gasteiger partial charge in [0.15, 0.2) is 0 Å². The van der Waals surface area contributed by atoms with E-state index in [9.17, 15) is 19.7 Å². The zero-order valence-electron chi connectivity index (χ0n) is 12.6. The van der Waals surface area contributed by atoms with Gasteiger partial charge in [0.25, 0.3) is 11.6 Å². The molecular formula is C14H18N2O6. The van der Waals surface area contributed by atoms with Gasteiger partial charge in [-0.05, 0) is 26.3 Å². The molecule has 2 N–H and O–H groups in total. The molecular weight excluding hydrogens is 292 g/mol. The van der Waals surface area contributed by atoms with Gasteiger partial charge in [-0.15, -0.1) is 0 Å². The summed E-state index contributed by atoms with van der Waals surface area (Å²) in [5, 5.41) is 22.3. The van der Waals surface area contributed by atoms with Gasteiger partial charge in [0.2, 0.25) is 0 Å². The van der Waals surface area contributed by atoms with Gasteiger partial charge in [-0.1, -0.05) is 0 Å². The summed E-state index contributed by atoms with van der Waals surface area (Å²) >= 11 is 0. The van der Waals surface area contributed by atoms with E-state index in [1.165, 1.54) is 19.2 Å². The molecule has 8 nitrogen and oxygen atoms in total. The fourth-order valence-electron chi connectivity index (χ4n) is 1.68. The minimum Gasteiger partial charge on any atom is -0.496 e. The van der Waals surface area contributed by atoms with Gasteiger partial charge in [0, 0.05) is 18.7 Å². The minimum atomic E-state index is -0.972. The highest BCUT2D eigenvalue weighted by Gasteiger charge is 2.27. The van der Waals surface area contributed by atoms with Gasteiger partial charge in [0.05, 0.1) is 23.0 Å². The Morgan fingerprint density at radius 1 is 1.41 bits per heavy atom. The molecule has 1 rings (SSSR count). The number of carboxylic acids is 1. The number of nitrogens with zero attached hydrogens (tertiary/aromatic N) is 1. The smallest absolute Gasteiger partial charge is 0.309 e. The number of nitrogens with one attached hydrogen (secondary N) is 1. The van der Waals surface area contributed by atoms with Gasteiger partial charge < -0.3 is 15.2 Å². The van der Waals surface area contributed by atoms with Gasteiger partial charge >= 0.3 is 5.97 Å². The lowest BCUT2D eigenvalue weighted by Crippen LogP contribution is -2.32. The SMILES string of the molecule is COc1ccc([N+](=O)[O-])cc1C(=O)NCCC(C)(C)C(=O)O. The van der Waals surface area contributed by atoms with E-state index in [2.05, 4.69) is 5.32 Å². The lowest BCUT2D eigenvalue weighted by atomic mass is 9.90. The average molecular weight is 310 g/mol. The number of carbonyl (C=O) groups is 2. The highest BCUT2D eigenvalue weighted by Crippen LogP contribution is 2.24. The second kappa shape index (κ2) is 6.88. The maximum absolute atomic E-state index is 12.1. The molecule has 0 aromatic heterocycles. The third kappa shape index (κ3) is 4.18. The molecule has 0 heterocycles. The first-order chi connectivity index (χ1) is 10.2. The van der Waals surface area contributed by atoms with Crippen LogP contribution in [0.2, 0.25) is 0 Å². The number of benzene rings is 1. The maximum atomic E-state index is 12.1. The third-order valence-electron chi connectivity index (χ3n) is 3.25. The van der Waals surface area contributed by atoms with Crippen molar-refractivity contribution in [3.05, 3.63) is 33.9 Å². The van der Waals surface area contributed by atoms with Gasteiger partial charge in [-0.2, -0.15) is 0 Å². The van der Waals surface area contributed by atoms with E-state index < -0.39 is 22.2 Å². The van der Waals surface area contributed by atoms with Gasteiger partial charge in [0.1, 0.15) is 5.75 Å². The molecule has 0 atom stereocenters. The Kier molecular flexibility index (Phi) is 5.44. The number of hydrogen-bond donors (Lipinski definition) is 2. The fraction of sp³-hybridized carbons (Fsp3) is 0.429. The highest BCUT2D eigenvalue weighted by atomic mass is 16.6. The van der Waals surface area contributed by atoms with E-state index in [0.717, 1.165) is 6.07 Å². The Hall–Kier alpha value is -2.64. The maximum Gasteiger partial charge on any atom is 0.309 e. The quantitative estimate of drug-likeness (QED) is 0.586. The number of nitro benzene ring substituents is 1. The largest absolute Gasteiger partial charge is 0.496 e. The standard InChI is InChI=1S/C14H18N2O6/c1-14(2,13(18)19)6-7-15-12(17)10-8-9(16(20)21)4-5-11(10)22-3/h4-5,8H,6-7H2,1-3H3,(H,15,17)(H,18,19). The minimum absolute atomic E-state index is 0.0323. The van der Waals surface area contributed by atoms with Crippen LogP contribution in [0.15, 0.2) is 18.2 Å². The summed E-state index contributed by atoms with van der Waals surface area (Å²) in [7, 11) is 1.35. The Bertz CT molecular complexity index is 597. The number of methoxy groups -OCH3 is 1. The predicted octanol–water partition coefficient (Wildman–Crippen LogP) is 1.83. The van der Waals surface area contributed by atoms with Crippen LogP contribution in [0.1, 0.15) is 30.6 Å². The number of ether oxygens (including phenoxy) is 1. The second-order valence-corrected chi connectivity index (χ2v) is 5.34. The van der Waals surface area contributed by atoms with Crippen LogP contribution in [0, 0.1) is 15.5 Å². The summed E-state index contributed by atoms with van der Waals surface area (Å²) in [6.45, 7) is 3.23. The molecule has 8 heteroatoms. The zero-order chi connectivity index (χ0) is 16.9. The average Bonchev–Trinajstić information content (AvgIpc) is 2.45. The highest BCUT2D eigenvalue weighted by molar-refractivity contribution is 5.97. The first kappa shape index (κ1) is 17.4. The summed E-state index contributed by atoms with van der Waals surface area (Å²) in [6.07, 6.45) is 0.227. The van der Waals surface area contributed by atoms with Crippen molar-refractivity contribution >= 4 is 17.6 Å². The van der Waals surface area contributed by atoms with Crippen LogP contribution in [0.25, 0.3) is 0 Å². The molecule has 1 aromatic carbocycles. The summed E-state index contributed by atoms with van der Waals surface area (Å²) < 4.78 is 5.01. The molecule has 1 aromatic rings. The van der Waals surface area contributed by atoms with Crippen LogP contribution in [-0.4, -0.2) is 35.6 Å². The van der Waals surface area contributed by atoms with Crippen molar-refractivity contribution < 1.29 is 24.4 Å². The van der Waals surface area contributed by atoms with Crippen molar-refractivity contribution in [3.63, 3.8) is 0 Å². The molecule has 0 radical (unpaired) electrons. The zero-order valence-corrected chi connectivity index (χ0v) is 12.6. The van der Waals surface area contributed by atoms with Crippen LogP contribution in [0.4, 0.5) is 5.69 Å². The predicted molar refractivity (Wildman–Crippen MR) is 78.0 cm³/mol. The summed E-state index contributed by atoms with van der Waals surface area (Å²) in [5.41, 5.74) is -1.17. The molecule has 1 amide bonds. The number of rotatable bonds is 7. The van der Waals surface area contributed by atoms with Crippen LogP contribution in [0.5, 0.6) is 5.75 Å². The molecule has 0 saturated heterocycles. The van der Waals surface area contributed by atoms with Crippen molar-refractivity contribution in [3.8, 4) is 5.75 Å². The summed E-state index contributed by atoms with van der Waals surface area (Å²) in [5.74, 6) is -1.31. The molecule has 120 valence electrons. The van der Waals surface area contributed by atoms with Gasteiger partial charge in [-0.25, -0.2) is 0 Å². The molecule has 0 saturated carbocycles. The Morgan fingerprint density at radius 2 is 2.05 bits per heavy atom. The number of carbonyl (C=O) groups excluding carboxylic acids is 1. The van der Waals surface area contributed by atoms with Gasteiger partial charge in [-0.3, -0.25) is 19.7 Å². The van der Waals surface area contributed by atoms with Crippen LogP contribution >= 0.6 is 0 Å². The number of nitro groups is 1. The number of amides is 1. The Balaban J connectivity index is 2.83. The molecule has 0 spiro atoms. The van der Waals surface area contributed by atoms with Crippen molar-refractivity contribution in [1.82, 2.24) is 5.32 Å². The lowest BCUT2D eigenvalue weighted by molar-refractivity contribution is -0.384. The molecule has 0 fully saturated rings. The molecule has 22 heavy (non-hydrogen) atoms. The third-order valence-corrected chi connectivity index (χ3v) is 3.25. The summed E-state index contributed by atoms with van der Waals surface area (Å²) in [6, 6.07) is 3.70. The normalized spacial score (nSPS) is 10.9. The van der Waals surface area contributed by atoms with E-state index in [-0.39, 0.29) is 30.0 Å². The lowest BCUT2D eigenvalue weighted by Gasteiger charge is -2.19. The van der Waals surface area contributed by atoms with Crippen LogP contribution < -0.4 is 10.1 Å². The Morgan fingerprint density at radius 3 is 2.55 bits per heavy atom. The van der Waals surface area contributed by atoms with Crippen molar-refractivity contribution in [2.24, 2.45) is 5.41 Å². The van der Waals surface area contributed by atoms with Crippen molar-refractivity contribution in [1.29, 1.82) is 0 Å². The van der Waals surface area contributed by atoms with E-state index in [1.54, 1.807) is 13.8 Å². The molecule has 0 aliphatic heterocycles. The second-order valence-electron chi connectivity index (χ2n) is 5.34. The van der Waals surface area contributed by atoms with Crippen LogP contribution in [0.3, 0.4) is 0 Å². The summed E-state index contributed by atoms with van der Waals surface area (Å²) in [4.78, 5) is 33.2. The van der Waals surface area contributed by atoms with E-state index >= 15 is 0 Å². The number of non-ortho nitro benzene ring substituents is 1. The number of aliphatic carboxylic acids is 1. The van der Waals surface area contributed by atoms with Crippen molar-refractivity contribution in [2.45, 2.75) is 20.3 Å². The number of hydrogen-bond acceptors (Lipinski definition) is 5. The fourth-order valence-corrected chi connectivity index (χ4v) is 1.68. The molecule has 0 bridgehead atoms. The monoisotopic (exact) mass is 310 g/mol. The van der Waals surface area contributed by atoms with E-state index in [1.807, 2.05) is 0 Å². The van der Waals surface area contributed by atoms with Crippen LogP contribution in [-0.2, 0) is 4.79 Å². The molecule has 0 unspecified atom stereocenters. The topological polar surface area (TPSA) is 119 Å². The first-order valence-electron chi connectivity index (χ1n) is 6.53. The Labute approximate surface area is 127 Å². The molecule has 0 aliphatic rings. The molecule has 0 aliphatic carbocycles. The van der Waals surface area contributed by atoms with Crippen molar-refractivity contribution in [2.75, 3.05) is 13.7 Å².